The number of ketones is 1. The molecule has 5 heteroatoms. The Morgan fingerprint density at radius 3 is 2.77 bits per heavy atom. The van der Waals surface area contributed by atoms with E-state index in [9.17, 15) is 9.59 Å². The van der Waals surface area contributed by atoms with Crippen molar-refractivity contribution in [3.05, 3.63) is 23.1 Å². The molecule has 3 nitrogen and oxygen atoms in total. The Bertz CT molecular complexity index is 341. The van der Waals surface area contributed by atoms with Gasteiger partial charge in [-0.05, 0) is 12.2 Å². The summed E-state index contributed by atoms with van der Waals surface area (Å²) in [4.78, 5) is 22.3. The van der Waals surface area contributed by atoms with Crippen LogP contribution >= 0.6 is 24.8 Å². The largest absolute Gasteiger partial charge is 0.480 e. The predicted octanol–water partition coefficient (Wildman–Crippen LogP) is 1.01. The quantitative estimate of drug-likeness (QED) is 0.388. The molecule has 1 rings (SSSR count). The molecule has 0 bridgehead atoms. The fraction of sp³-hybridized carbons (Fsp3) is 0.125. The third-order valence-electron chi connectivity index (χ3n) is 1.56. The first-order valence-electron chi connectivity index (χ1n) is 3.42. The third-order valence-corrected chi connectivity index (χ3v) is 2.56. The number of hydrogen-bond donors (Lipinski definition) is 2. The SMILES string of the molecule is O=C(O)C1C(=O)C=CC=C(S)C1=S. The van der Waals surface area contributed by atoms with Crippen LogP contribution in [0, 0.1) is 5.92 Å². The molecule has 1 aliphatic rings. The average Bonchev–Trinajstić information content (AvgIpc) is 2.13. The topological polar surface area (TPSA) is 54.4 Å². The molecular weight excluding hydrogens is 208 g/mol. The van der Waals surface area contributed by atoms with Gasteiger partial charge in [0.2, 0.25) is 0 Å². The monoisotopic (exact) mass is 214 g/mol. The number of aliphatic carboxylic acids is 1. The highest BCUT2D eigenvalue weighted by molar-refractivity contribution is 7.90. The van der Waals surface area contributed by atoms with Crippen LogP contribution in [0.15, 0.2) is 23.1 Å². The van der Waals surface area contributed by atoms with Crippen molar-refractivity contribution in [2.45, 2.75) is 0 Å². The summed E-state index contributed by atoms with van der Waals surface area (Å²) in [6.45, 7) is 0. The van der Waals surface area contributed by atoms with Crippen molar-refractivity contribution < 1.29 is 14.7 Å². The van der Waals surface area contributed by atoms with E-state index >= 15 is 0 Å². The van der Waals surface area contributed by atoms with Crippen LogP contribution in [0.4, 0.5) is 0 Å². The maximum Gasteiger partial charge on any atom is 0.319 e. The smallest absolute Gasteiger partial charge is 0.319 e. The molecule has 1 atom stereocenters. The van der Waals surface area contributed by atoms with Gasteiger partial charge in [-0.2, -0.15) is 0 Å². The van der Waals surface area contributed by atoms with Crippen LogP contribution in [0.3, 0.4) is 0 Å². The zero-order chi connectivity index (χ0) is 10.0. The number of carbonyl (C=O) groups excluding carboxylic acids is 1. The summed E-state index contributed by atoms with van der Waals surface area (Å²) >= 11 is 8.78. The molecule has 0 saturated heterocycles. The summed E-state index contributed by atoms with van der Waals surface area (Å²) < 4.78 is 0. The number of allylic oxidation sites excluding steroid dienone is 4. The molecule has 1 N–H and O–H groups in total. The molecule has 0 aromatic rings. The minimum Gasteiger partial charge on any atom is -0.480 e. The Morgan fingerprint density at radius 2 is 2.23 bits per heavy atom. The van der Waals surface area contributed by atoms with E-state index < -0.39 is 17.7 Å². The molecule has 0 amide bonds. The van der Waals surface area contributed by atoms with Crippen molar-refractivity contribution in [1.82, 2.24) is 0 Å². The molecule has 0 heterocycles. The average molecular weight is 214 g/mol. The van der Waals surface area contributed by atoms with Gasteiger partial charge in [0.15, 0.2) is 11.7 Å². The molecule has 0 fully saturated rings. The number of thiocarbonyl (C=S) groups is 1. The number of thiol groups is 1. The molecule has 0 radical (unpaired) electrons. The Labute approximate surface area is 85.5 Å². The Kier molecular flexibility index (Phi) is 3.00. The lowest BCUT2D eigenvalue weighted by Crippen LogP contribution is -2.29. The van der Waals surface area contributed by atoms with Crippen LogP contribution in [0.2, 0.25) is 0 Å². The summed E-state index contributed by atoms with van der Waals surface area (Å²) in [5.41, 5.74) is 0. The second kappa shape index (κ2) is 3.85. The fourth-order valence-electron chi connectivity index (χ4n) is 0.923. The lowest BCUT2D eigenvalue weighted by molar-refractivity contribution is -0.142. The van der Waals surface area contributed by atoms with Gasteiger partial charge in [-0.15, -0.1) is 12.6 Å². The first-order chi connectivity index (χ1) is 6.04. The van der Waals surface area contributed by atoms with Crippen molar-refractivity contribution in [2.24, 2.45) is 5.92 Å². The molecule has 1 unspecified atom stereocenters. The third kappa shape index (κ3) is 2.05. The van der Waals surface area contributed by atoms with Crippen LogP contribution in [-0.2, 0) is 9.59 Å². The van der Waals surface area contributed by atoms with Crippen LogP contribution in [-0.4, -0.2) is 21.7 Å². The van der Waals surface area contributed by atoms with Crippen molar-refractivity contribution in [3.8, 4) is 0 Å². The van der Waals surface area contributed by atoms with E-state index in [1.54, 1.807) is 0 Å². The molecule has 13 heavy (non-hydrogen) atoms. The summed E-state index contributed by atoms with van der Waals surface area (Å²) in [7, 11) is 0. The van der Waals surface area contributed by atoms with Gasteiger partial charge in [0.25, 0.3) is 0 Å². The normalized spacial score (nSPS) is 22.5. The first kappa shape index (κ1) is 10.1. The zero-order valence-electron chi connectivity index (χ0n) is 6.43. The molecule has 0 spiro atoms. The highest BCUT2D eigenvalue weighted by Crippen LogP contribution is 2.17. The van der Waals surface area contributed by atoms with Crippen LogP contribution in [0.1, 0.15) is 0 Å². The van der Waals surface area contributed by atoms with Crippen molar-refractivity contribution in [1.29, 1.82) is 0 Å². The Hall–Kier alpha value is -0.940. The minimum atomic E-state index is -1.27. The van der Waals surface area contributed by atoms with E-state index in [1.165, 1.54) is 18.2 Å². The fourth-order valence-corrected chi connectivity index (χ4v) is 1.42. The van der Waals surface area contributed by atoms with E-state index in [0.717, 1.165) is 0 Å². The van der Waals surface area contributed by atoms with E-state index in [0.29, 0.717) is 4.91 Å². The van der Waals surface area contributed by atoms with Crippen molar-refractivity contribution >= 4 is 41.5 Å². The number of rotatable bonds is 1. The molecular formula is C8H6O3S2. The van der Waals surface area contributed by atoms with Gasteiger partial charge in [0.1, 0.15) is 0 Å². The number of carbonyl (C=O) groups is 2. The lowest BCUT2D eigenvalue weighted by atomic mass is 10.0. The summed E-state index contributed by atoms with van der Waals surface area (Å²) in [6, 6.07) is 0. The Balaban J connectivity index is 3.11. The van der Waals surface area contributed by atoms with Crippen molar-refractivity contribution in [3.63, 3.8) is 0 Å². The minimum absolute atomic E-state index is 0.0610. The van der Waals surface area contributed by atoms with Gasteiger partial charge < -0.3 is 5.11 Å². The molecule has 1 aliphatic carbocycles. The second-order valence-electron chi connectivity index (χ2n) is 2.45. The highest BCUT2D eigenvalue weighted by atomic mass is 32.1. The van der Waals surface area contributed by atoms with Gasteiger partial charge in [0.05, 0.1) is 4.86 Å². The van der Waals surface area contributed by atoms with Crippen LogP contribution < -0.4 is 0 Å². The molecule has 0 aromatic carbocycles. The first-order valence-corrected chi connectivity index (χ1v) is 4.28. The van der Waals surface area contributed by atoms with Gasteiger partial charge in [0, 0.05) is 4.91 Å². The molecule has 0 aliphatic heterocycles. The summed E-state index contributed by atoms with van der Waals surface area (Å²) in [6.07, 6.45) is 4.14. The molecule has 0 saturated carbocycles. The lowest BCUT2D eigenvalue weighted by Gasteiger charge is -2.07. The zero-order valence-corrected chi connectivity index (χ0v) is 8.14. The maximum atomic E-state index is 11.2. The van der Waals surface area contributed by atoms with E-state index in [1.807, 2.05) is 0 Å². The van der Waals surface area contributed by atoms with E-state index in [-0.39, 0.29) is 4.86 Å². The number of carboxylic acid groups (broad SMARTS) is 1. The highest BCUT2D eigenvalue weighted by Gasteiger charge is 2.30. The van der Waals surface area contributed by atoms with Gasteiger partial charge in [-0.1, -0.05) is 18.3 Å². The van der Waals surface area contributed by atoms with Crippen molar-refractivity contribution in [2.75, 3.05) is 0 Å². The predicted molar refractivity (Wildman–Crippen MR) is 54.9 cm³/mol. The standard InChI is InChI=1S/C8H6O3S2/c9-4-2-1-3-5(12)7(13)6(4)8(10)11/h1-3,6,12H,(H,10,11). The molecule has 0 aromatic heterocycles. The summed E-state index contributed by atoms with van der Waals surface area (Å²) in [5, 5.41) is 8.72. The van der Waals surface area contributed by atoms with Gasteiger partial charge in [-0.25, -0.2) is 0 Å². The molecule has 68 valence electrons. The number of carboxylic acids is 1. The maximum absolute atomic E-state index is 11.2. The van der Waals surface area contributed by atoms with Gasteiger partial charge in [-0.3, -0.25) is 9.59 Å². The van der Waals surface area contributed by atoms with Gasteiger partial charge >= 0.3 is 5.97 Å². The second-order valence-corrected chi connectivity index (χ2v) is 3.37. The van der Waals surface area contributed by atoms with Crippen LogP contribution in [0.5, 0.6) is 0 Å². The number of hydrogen-bond acceptors (Lipinski definition) is 4. The summed E-state index contributed by atoms with van der Waals surface area (Å²) in [5.74, 6) is -3.02. The van der Waals surface area contributed by atoms with E-state index in [4.69, 9.17) is 17.3 Å². The van der Waals surface area contributed by atoms with Crippen LogP contribution in [0.25, 0.3) is 0 Å². The Morgan fingerprint density at radius 1 is 1.62 bits per heavy atom. The van der Waals surface area contributed by atoms with E-state index in [2.05, 4.69) is 12.6 Å².